The van der Waals surface area contributed by atoms with Gasteiger partial charge in [0, 0.05) is 16.0 Å². The second-order valence-electron chi connectivity index (χ2n) is 4.79. The summed E-state index contributed by atoms with van der Waals surface area (Å²) in [7, 11) is -3.22. The number of anilines is 1. The quantitative estimate of drug-likeness (QED) is 0.911. The molecule has 20 heavy (non-hydrogen) atoms. The van der Waals surface area contributed by atoms with Gasteiger partial charge >= 0.3 is 0 Å². The fourth-order valence-corrected chi connectivity index (χ4v) is 3.84. The fourth-order valence-electron chi connectivity index (χ4n) is 2.03. The first kappa shape index (κ1) is 15.1. The highest BCUT2D eigenvalue weighted by Crippen LogP contribution is 2.29. The molecule has 1 atom stereocenters. The van der Waals surface area contributed by atoms with Crippen molar-refractivity contribution in [3.8, 4) is 0 Å². The minimum atomic E-state index is -3.22. The second-order valence-corrected chi connectivity index (χ2v) is 7.98. The molecule has 0 saturated carbocycles. The molecule has 1 unspecified atom stereocenters. The van der Waals surface area contributed by atoms with E-state index in [1.807, 2.05) is 13.0 Å². The van der Waals surface area contributed by atoms with Gasteiger partial charge in [-0.25, -0.2) is 8.42 Å². The molecule has 2 aromatic rings. The largest absolute Gasteiger partial charge is 0.377 e. The second kappa shape index (κ2) is 5.97. The summed E-state index contributed by atoms with van der Waals surface area (Å²) in [6, 6.07) is 11.3. The van der Waals surface area contributed by atoms with E-state index >= 15 is 0 Å². The van der Waals surface area contributed by atoms with Crippen LogP contribution in [0.4, 0.5) is 5.69 Å². The van der Waals surface area contributed by atoms with Gasteiger partial charge in [0.15, 0.2) is 9.84 Å². The van der Waals surface area contributed by atoms with Crippen molar-refractivity contribution in [2.75, 3.05) is 11.6 Å². The summed E-state index contributed by atoms with van der Waals surface area (Å²) in [5.41, 5.74) is 0.661. The lowest BCUT2D eigenvalue weighted by molar-refractivity contribution is 0.602. The molecule has 0 spiro atoms. The molecule has 3 nitrogen and oxygen atoms in total. The monoisotopic (exact) mass is 309 g/mol. The number of sulfone groups is 1. The normalized spacial score (nSPS) is 13.2. The number of thiophene rings is 1. The molecule has 0 amide bonds. The number of hydrogen-bond donors (Lipinski definition) is 1. The van der Waals surface area contributed by atoms with Crippen molar-refractivity contribution in [1.29, 1.82) is 0 Å². The van der Waals surface area contributed by atoms with Crippen LogP contribution in [0, 0.1) is 0 Å². The van der Waals surface area contributed by atoms with E-state index in [1.165, 1.54) is 16.0 Å². The Balaban J connectivity index is 2.26. The molecular formula is C15H19NO2S2. The zero-order chi connectivity index (χ0) is 14.8. The van der Waals surface area contributed by atoms with Gasteiger partial charge < -0.3 is 5.32 Å². The van der Waals surface area contributed by atoms with Crippen LogP contribution < -0.4 is 5.32 Å². The highest BCUT2D eigenvalue weighted by Gasteiger charge is 2.15. The maximum Gasteiger partial charge on any atom is 0.177 e. The number of rotatable bonds is 5. The van der Waals surface area contributed by atoms with Crippen LogP contribution in [0.1, 0.15) is 29.6 Å². The third kappa shape index (κ3) is 3.41. The van der Waals surface area contributed by atoms with Crippen molar-refractivity contribution >= 4 is 26.9 Å². The Morgan fingerprint density at radius 1 is 1.20 bits per heavy atom. The molecule has 5 heteroatoms. The third-order valence-electron chi connectivity index (χ3n) is 3.12. The molecule has 1 aromatic heterocycles. The van der Waals surface area contributed by atoms with Crippen molar-refractivity contribution in [1.82, 2.24) is 0 Å². The first-order valence-electron chi connectivity index (χ1n) is 6.56. The zero-order valence-electron chi connectivity index (χ0n) is 11.9. The molecule has 1 aromatic carbocycles. The zero-order valence-corrected chi connectivity index (χ0v) is 13.5. The van der Waals surface area contributed by atoms with Crippen molar-refractivity contribution in [2.45, 2.75) is 31.2 Å². The highest BCUT2D eigenvalue weighted by molar-refractivity contribution is 7.90. The van der Waals surface area contributed by atoms with Crippen LogP contribution in [0.25, 0.3) is 0 Å². The van der Waals surface area contributed by atoms with Crippen LogP contribution in [-0.2, 0) is 16.3 Å². The fraction of sp³-hybridized carbons (Fsp3) is 0.333. The molecule has 0 radical (unpaired) electrons. The summed E-state index contributed by atoms with van der Waals surface area (Å²) in [5.74, 6) is 0. The molecular weight excluding hydrogens is 290 g/mol. The topological polar surface area (TPSA) is 46.2 Å². The molecule has 1 N–H and O–H groups in total. The van der Waals surface area contributed by atoms with Gasteiger partial charge in [-0.1, -0.05) is 19.1 Å². The number of benzene rings is 1. The van der Waals surface area contributed by atoms with E-state index < -0.39 is 9.84 Å². The van der Waals surface area contributed by atoms with Gasteiger partial charge in [-0.3, -0.25) is 0 Å². The van der Waals surface area contributed by atoms with Gasteiger partial charge in [0.2, 0.25) is 0 Å². The Labute approximate surface area is 124 Å². The van der Waals surface area contributed by atoms with E-state index in [4.69, 9.17) is 0 Å². The molecule has 0 bridgehead atoms. The Hall–Kier alpha value is -1.33. The van der Waals surface area contributed by atoms with Crippen LogP contribution in [0.3, 0.4) is 0 Å². The van der Waals surface area contributed by atoms with Gasteiger partial charge in [-0.05, 0) is 37.6 Å². The van der Waals surface area contributed by atoms with Crippen molar-refractivity contribution < 1.29 is 8.42 Å². The summed E-state index contributed by atoms with van der Waals surface area (Å²) in [6.07, 6.45) is 2.26. The first-order valence-corrected chi connectivity index (χ1v) is 9.27. The summed E-state index contributed by atoms with van der Waals surface area (Å²) in [4.78, 5) is 2.90. The smallest absolute Gasteiger partial charge is 0.177 e. The maximum absolute atomic E-state index is 11.8. The predicted octanol–water partition coefficient (Wildman–Crippen LogP) is 3.89. The number of nitrogens with one attached hydrogen (secondary N) is 1. The molecule has 2 rings (SSSR count). The highest BCUT2D eigenvalue weighted by atomic mass is 32.2. The summed E-state index contributed by atoms with van der Waals surface area (Å²) in [6.45, 7) is 4.18. The average Bonchev–Trinajstić information content (AvgIpc) is 2.87. The third-order valence-corrected chi connectivity index (χ3v) is 5.68. The van der Waals surface area contributed by atoms with Crippen molar-refractivity contribution in [3.63, 3.8) is 0 Å². The van der Waals surface area contributed by atoms with E-state index in [9.17, 15) is 8.42 Å². The van der Waals surface area contributed by atoms with Crippen LogP contribution >= 0.6 is 11.3 Å². The first-order chi connectivity index (χ1) is 9.41. The van der Waals surface area contributed by atoms with Crippen LogP contribution in [0.15, 0.2) is 41.3 Å². The number of hydrogen-bond acceptors (Lipinski definition) is 4. The average molecular weight is 309 g/mol. The molecule has 0 aliphatic heterocycles. The van der Waals surface area contributed by atoms with Crippen molar-refractivity contribution in [2.24, 2.45) is 0 Å². The van der Waals surface area contributed by atoms with Crippen molar-refractivity contribution in [3.05, 3.63) is 46.2 Å². The summed E-state index contributed by atoms with van der Waals surface area (Å²) < 4.78 is 23.6. The van der Waals surface area contributed by atoms with Crippen LogP contribution in [-0.4, -0.2) is 14.7 Å². The SMILES string of the molecule is CCc1ccc(C(C)Nc2ccccc2S(C)(=O)=O)s1. The van der Waals surface area contributed by atoms with Crippen LogP contribution in [0.5, 0.6) is 0 Å². The molecule has 0 fully saturated rings. The number of para-hydroxylation sites is 1. The van der Waals surface area contributed by atoms with Gasteiger partial charge in [0.1, 0.15) is 0 Å². The van der Waals surface area contributed by atoms with E-state index in [0.29, 0.717) is 10.6 Å². The molecule has 0 saturated heterocycles. The maximum atomic E-state index is 11.8. The molecule has 1 heterocycles. The standard InChI is InChI=1S/C15H19NO2S2/c1-4-12-9-10-14(19-12)11(2)16-13-7-5-6-8-15(13)20(3,17)18/h5-11,16H,4H2,1-3H3. The molecule has 0 aliphatic rings. The Kier molecular flexibility index (Phi) is 4.50. The lowest BCUT2D eigenvalue weighted by atomic mass is 10.2. The van der Waals surface area contributed by atoms with Gasteiger partial charge in [-0.2, -0.15) is 0 Å². The van der Waals surface area contributed by atoms with E-state index in [2.05, 4.69) is 24.4 Å². The molecule has 108 valence electrons. The van der Waals surface area contributed by atoms with E-state index in [0.717, 1.165) is 6.42 Å². The van der Waals surface area contributed by atoms with Crippen LogP contribution in [0.2, 0.25) is 0 Å². The Bertz CT molecular complexity index is 689. The lowest BCUT2D eigenvalue weighted by Gasteiger charge is -2.16. The van der Waals surface area contributed by atoms with E-state index in [1.54, 1.807) is 29.5 Å². The predicted molar refractivity (Wildman–Crippen MR) is 85.3 cm³/mol. The Morgan fingerprint density at radius 3 is 2.50 bits per heavy atom. The van der Waals surface area contributed by atoms with Gasteiger partial charge in [-0.15, -0.1) is 11.3 Å². The van der Waals surface area contributed by atoms with E-state index in [-0.39, 0.29) is 6.04 Å². The van der Waals surface area contributed by atoms with Gasteiger partial charge in [0.25, 0.3) is 0 Å². The minimum Gasteiger partial charge on any atom is -0.377 e. The summed E-state index contributed by atoms with van der Waals surface area (Å²) in [5, 5.41) is 3.30. The Morgan fingerprint density at radius 2 is 1.90 bits per heavy atom. The lowest BCUT2D eigenvalue weighted by Crippen LogP contribution is -2.09. The number of aryl methyl sites for hydroxylation is 1. The minimum absolute atomic E-state index is 0.0863. The molecule has 0 aliphatic carbocycles. The van der Waals surface area contributed by atoms with Gasteiger partial charge in [0.05, 0.1) is 16.6 Å². The summed E-state index contributed by atoms with van der Waals surface area (Å²) >= 11 is 1.76.